The third-order valence-corrected chi connectivity index (χ3v) is 2.79. The number of benzene rings is 2. The molecule has 4 N–H and O–H groups in total. The highest BCUT2D eigenvalue weighted by Gasteiger charge is 2.07. The third kappa shape index (κ3) is 3.56. The molecule has 0 aromatic heterocycles. The fourth-order valence-corrected chi connectivity index (χ4v) is 1.80. The molecule has 0 unspecified atom stereocenters. The molecule has 0 bridgehead atoms. The molecule has 0 amide bonds. The number of rotatable bonds is 5. The lowest BCUT2D eigenvalue weighted by atomic mass is 10.1. The Balaban J connectivity index is 1.98. The molecule has 0 saturated heterocycles. The zero-order valence-electron chi connectivity index (χ0n) is 10.6. The number of nitrogens with one attached hydrogen (secondary N) is 2. The lowest BCUT2D eigenvalue weighted by molar-refractivity contribution is 0.321. The Bertz CT molecular complexity index is 540. The highest BCUT2D eigenvalue weighted by Crippen LogP contribution is 2.17. The molecule has 0 heterocycles. The zero-order chi connectivity index (χ0) is 13.5. The second kappa shape index (κ2) is 6.56. The molecule has 0 saturated carbocycles. The van der Waals surface area contributed by atoms with Gasteiger partial charge in [-0.2, -0.15) is 0 Å². The van der Waals surface area contributed by atoms with E-state index >= 15 is 0 Å². The van der Waals surface area contributed by atoms with Crippen molar-refractivity contribution in [3.8, 4) is 5.75 Å². The van der Waals surface area contributed by atoms with E-state index in [1.54, 1.807) is 6.07 Å². The van der Waals surface area contributed by atoms with Crippen molar-refractivity contribution in [2.24, 2.45) is 5.84 Å². The Morgan fingerprint density at radius 2 is 1.74 bits per heavy atom. The van der Waals surface area contributed by atoms with Crippen molar-refractivity contribution in [1.82, 2.24) is 5.43 Å². The highest BCUT2D eigenvalue weighted by atomic mass is 16.5. The summed E-state index contributed by atoms with van der Waals surface area (Å²) < 4.78 is 5.73. The van der Waals surface area contributed by atoms with E-state index in [1.807, 2.05) is 36.4 Å². The maximum Gasteiger partial charge on any atom is 0.143 e. The van der Waals surface area contributed by atoms with Crippen molar-refractivity contribution in [2.45, 2.75) is 6.42 Å². The number of ether oxygens (including phenoxy) is 1. The Morgan fingerprint density at radius 1 is 1.05 bits per heavy atom. The predicted molar refractivity (Wildman–Crippen MR) is 76.2 cm³/mol. The van der Waals surface area contributed by atoms with E-state index < -0.39 is 0 Å². The van der Waals surface area contributed by atoms with Crippen LogP contribution in [0, 0.1) is 5.41 Å². The van der Waals surface area contributed by atoms with Gasteiger partial charge in [-0.3, -0.25) is 5.41 Å². The summed E-state index contributed by atoms with van der Waals surface area (Å²) >= 11 is 0. The fraction of sp³-hybridized carbons (Fsp3) is 0.133. The molecule has 0 atom stereocenters. The summed E-state index contributed by atoms with van der Waals surface area (Å²) in [4.78, 5) is 0. The lowest BCUT2D eigenvalue weighted by Gasteiger charge is -2.11. The topological polar surface area (TPSA) is 71.1 Å². The molecular formula is C15H17N3O. The maximum atomic E-state index is 7.70. The number of amidine groups is 1. The van der Waals surface area contributed by atoms with Gasteiger partial charge >= 0.3 is 0 Å². The van der Waals surface area contributed by atoms with Crippen molar-refractivity contribution >= 4 is 5.84 Å². The molecule has 98 valence electrons. The van der Waals surface area contributed by atoms with Gasteiger partial charge in [0.2, 0.25) is 0 Å². The van der Waals surface area contributed by atoms with Crippen molar-refractivity contribution < 1.29 is 4.74 Å². The van der Waals surface area contributed by atoms with E-state index in [9.17, 15) is 0 Å². The average molecular weight is 255 g/mol. The van der Waals surface area contributed by atoms with Crippen LogP contribution in [-0.4, -0.2) is 12.4 Å². The van der Waals surface area contributed by atoms with Crippen molar-refractivity contribution in [3.05, 3.63) is 65.7 Å². The first-order valence-electron chi connectivity index (χ1n) is 6.12. The van der Waals surface area contributed by atoms with Crippen LogP contribution < -0.4 is 16.0 Å². The first-order chi connectivity index (χ1) is 9.31. The van der Waals surface area contributed by atoms with Gasteiger partial charge in [-0.05, 0) is 17.7 Å². The predicted octanol–water partition coefficient (Wildman–Crippen LogP) is 2.10. The van der Waals surface area contributed by atoms with Gasteiger partial charge in [-0.25, -0.2) is 5.84 Å². The Kier molecular flexibility index (Phi) is 4.53. The molecule has 2 aromatic carbocycles. The summed E-state index contributed by atoms with van der Waals surface area (Å²) in [5.41, 5.74) is 4.23. The average Bonchev–Trinajstić information content (AvgIpc) is 2.48. The van der Waals surface area contributed by atoms with Gasteiger partial charge in [-0.15, -0.1) is 0 Å². The number of para-hydroxylation sites is 1. The Morgan fingerprint density at radius 3 is 2.47 bits per heavy atom. The van der Waals surface area contributed by atoms with Crippen LogP contribution in [0.4, 0.5) is 0 Å². The summed E-state index contributed by atoms with van der Waals surface area (Å²) in [5.74, 6) is 6.08. The number of hydrazine groups is 1. The van der Waals surface area contributed by atoms with Gasteiger partial charge in [0.15, 0.2) is 0 Å². The molecule has 2 aromatic rings. The van der Waals surface area contributed by atoms with Gasteiger partial charge in [0, 0.05) is 6.42 Å². The van der Waals surface area contributed by atoms with E-state index in [0.717, 1.165) is 6.42 Å². The third-order valence-electron chi connectivity index (χ3n) is 2.79. The van der Waals surface area contributed by atoms with Gasteiger partial charge in [0.1, 0.15) is 11.6 Å². The summed E-state index contributed by atoms with van der Waals surface area (Å²) in [5, 5.41) is 7.70. The van der Waals surface area contributed by atoms with Gasteiger partial charge in [0.25, 0.3) is 0 Å². The van der Waals surface area contributed by atoms with Crippen molar-refractivity contribution in [1.29, 1.82) is 5.41 Å². The molecule has 0 spiro atoms. The van der Waals surface area contributed by atoms with Crippen LogP contribution in [0.15, 0.2) is 54.6 Å². The van der Waals surface area contributed by atoms with E-state index in [2.05, 4.69) is 17.6 Å². The van der Waals surface area contributed by atoms with E-state index in [-0.39, 0.29) is 5.84 Å². The largest absolute Gasteiger partial charge is 0.492 e. The fourth-order valence-electron chi connectivity index (χ4n) is 1.80. The van der Waals surface area contributed by atoms with Crippen LogP contribution in [0.3, 0.4) is 0 Å². The van der Waals surface area contributed by atoms with E-state index in [4.69, 9.17) is 16.0 Å². The summed E-state index contributed by atoms with van der Waals surface area (Å²) in [6.07, 6.45) is 0.832. The lowest BCUT2D eigenvalue weighted by Crippen LogP contribution is -2.30. The standard InChI is InChI=1S/C15H17N3O/c16-15(18-17)13-8-4-5-9-14(13)19-11-10-12-6-2-1-3-7-12/h1-9H,10-11,17H2,(H2,16,18). The van der Waals surface area contributed by atoms with E-state index in [0.29, 0.717) is 17.9 Å². The molecule has 4 heteroatoms. The van der Waals surface area contributed by atoms with E-state index in [1.165, 1.54) is 5.56 Å². The van der Waals surface area contributed by atoms with Gasteiger partial charge in [0.05, 0.1) is 12.2 Å². The first kappa shape index (κ1) is 13.1. The number of hydrogen-bond acceptors (Lipinski definition) is 3. The van der Waals surface area contributed by atoms with Crippen molar-refractivity contribution in [2.75, 3.05) is 6.61 Å². The minimum absolute atomic E-state index is 0.148. The molecule has 0 radical (unpaired) electrons. The molecule has 2 rings (SSSR count). The molecule has 0 fully saturated rings. The summed E-state index contributed by atoms with van der Waals surface area (Å²) in [7, 11) is 0. The van der Waals surface area contributed by atoms with Crippen LogP contribution in [0.2, 0.25) is 0 Å². The van der Waals surface area contributed by atoms with Crippen molar-refractivity contribution in [3.63, 3.8) is 0 Å². The molecular weight excluding hydrogens is 238 g/mol. The minimum atomic E-state index is 0.148. The molecule has 4 nitrogen and oxygen atoms in total. The Hall–Kier alpha value is -2.33. The van der Waals surface area contributed by atoms with Crippen LogP contribution in [0.5, 0.6) is 5.75 Å². The minimum Gasteiger partial charge on any atom is -0.492 e. The zero-order valence-corrected chi connectivity index (χ0v) is 10.6. The first-order valence-corrected chi connectivity index (χ1v) is 6.12. The monoisotopic (exact) mass is 255 g/mol. The smallest absolute Gasteiger partial charge is 0.143 e. The molecule has 0 aliphatic rings. The highest BCUT2D eigenvalue weighted by molar-refractivity contribution is 5.98. The molecule has 19 heavy (non-hydrogen) atoms. The second-order valence-corrected chi connectivity index (χ2v) is 4.10. The van der Waals surface area contributed by atoms with Gasteiger partial charge < -0.3 is 10.2 Å². The summed E-state index contributed by atoms with van der Waals surface area (Å²) in [6.45, 7) is 0.568. The SMILES string of the molecule is N=C(NN)c1ccccc1OCCc1ccccc1. The Labute approximate surface area is 112 Å². The van der Waals surface area contributed by atoms with Gasteiger partial charge in [-0.1, -0.05) is 42.5 Å². The summed E-state index contributed by atoms with van der Waals surface area (Å²) in [6, 6.07) is 17.5. The number of hydrogen-bond donors (Lipinski definition) is 3. The van der Waals surface area contributed by atoms with Crippen LogP contribution >= 0.6 is 0 Å². The van der Waals surface area contributed by atoms with Crippen LogP contribution in [0.25, 0.3) is 0 Å². The maximum absolute atomic E-state index is 7.70. The normalized spacial score (nSPS) is 9.95. The number of nitrogens with two attached hydrogens (primary N) is 1. The van der Waals surface area contributed by atoms with Crippen LogP contribution in [0.1, 0.15) is 11.1 Å². The molecule has 0 aliphatic heterocycles. The quantitative estimate of drug-likeness (QED) is 0.331. The van der Waals surface area contributed by atoms with Crippen LogP contribution in [-0.2, 0) is 6.42 Å². The molecule has 0 aliphatic carbocycles. The second-order valence-electron chi connectivity index (χ2n) is 4.10.